The molecule has 2 nitrogen and oxygen atoms in total. The van der Waals surface area contributed by atoms with Gasteiger partial charge in [0.05, 0.1) is 10.6 Å². The summed E-state index contributed by atoms with van der Waals surface area (Å²) < 4.78 is 0. The molecular formula is C17H18ClNO. The Morgan fingerprint density at radius 1 is 1.05 bits per heavy atom. The largest absolute Gasteiger partial charge is 0.355 e. The number of amides is 1. The Morgan fingerprint density at radius 3 is 2.20 bits per heavy atom. The Balaban J connectivity index is 2.63. The highest BCUT2D eigenvalue weighted by Gasteiger charge is 2.13. The molecule has 1 N–H and O–H groups in total. The molecule has 104 valence electrons. The number of rotatable bonds is 2. The summed E-state index contributed by atoms with van der Waals surface area (Å²) in [5.41, 5.74) is 6.33. The number of nitrogens with one attached hydrogen (secondary N) is 1. The third kappa shape index (κ3) is 2.70. The number of hydrogen-bond acceptors (Lipinski definition) is 1. The van der Waals surface area contributed by atoms with Crippen molar-refractivity contribution in [1.29, 1.82) is 0 Å². The fourth-order valence-corrected chi connectivity index (χ4v) is 2.83. The molecular weight excluding hydrogens is 270 g/mol. The van der Waals surface area contributed by atoms with E-state index in [4.69, 9.17) is 11.6 Å². The molecule has 0 atom stereocenters. The van der Waals surface area contributed by atoms with Crippen molar-refractivity contribution >= 4 is 17.5 Å². The molecule has 0 fully saturated rings. The maximum Gasteiger partial charge on any atom is 0.252 e. The van der Waals surface area contributed by atoms with E-state index in [1.54, 1.807) is 13.1 Å². The van der Waals surface area contributed by atoms with Crippen LogP contribution < -0.4 is 5.32 Å². The van der Waals surface area contributed by atoms with Gasteiger partial charge in [-0.3, -0.25) is 4.79 Å². The van der Waals surface area contributed by atoms with Gasteiger partial charge in [-0.2, -0.15) is 0 Å². The minimum Gasteiger partial charge on any atom is -0.355 e. The molecule has 0 heterocycles. The number of aryl methyl sites for hydroxylation is 3. The van der Waals surface area contributed by atoms with E-state index in [1.807, 2.05) is 12.1 Å². The molecule has 0 saturated carbocycles. The first-order valence-corrected chi connectivity index (χ1v) is 6.91. The minimum absolute atomic E-state index is 0.167. The van der Waals surface area contributed by atoms with Gasteiger partial charge < -0.3 is 5.32 Å². The molecule has 20 heavy (non-hydrogen) atoms. The predicted octanol–water partition coefficient (Wildman–Crippen LogP) is 4.29. The first kappa shape index (κ1) is 14.6. The molecule has 1 amide bonds. The topological polar surface area (TPSA) is 29.1 Å². The van der Waals surface area contributed by atoms with E-state index in [2.05, 4.69) is 38.2 Å². The quantitative estimate of drug-likeness (QED) is 0.877. The zero-order chi connectivity index (χ0) is 14.9. The minimum atomic E-state index is -0.167. The van der Waals surface area contributed by atoms with Crippen molar-refractivity contribution in [3.8, 4) is 11.1 Å². The monoisotopic (exact) mass is 287 g/mol. The fraction of sp³-hybridized carbons (Fsp3) is 0.235. The molecule has 0 aliphatic rings. The second kappa shape index (κ2) is 5.68. The number of hydrogen-bond donors (Lipinski definition) is 1. The van der Waals surface area contributed by atoms with Crippen molar-refractivity contribution in [2.45, 2.75) is 20.8 Å². The van der Waals surface area contributed by atoms with Gasteiger partial charge in [0, 0.05) is 7.05 Å². The molecule has 0 unspecified atom stereocenters. The third-order valence-corrected chi connectivity index (χ3v) is 3.73. The zero-order valence-electron chi connectivity index (χ0n) is 12.2. The third-order valence-electron chi connectivity index (χ3n) is 3.40. The van der Waals surface area contributed by atoms with Crippen molar-refractivity contribution in [1.82, 2.24) is 5.32 Å². The average molecular weight is 288 g/mol. The zero-order valence-corrected chi connectivity index (χ0v) is 12.9. The number of benzene rings is 2. The Kier molecular flexibility index (Phi) is 4.15. The van der Waals surface area contributed by atoms with Crippen LogP contribution in [0.15, 0.2) is 30.3 Å². The summed E-state index contributed by atoms with van der Waals surface area (Å²) in [6.07, 6.45) is 0. The smallest absolute Gasteiger partial charge is 0.252 e. The molecule has 0 aliphatic heterocycles. The molecule has 0 radical (unpaired) electrons. The van der Waals surface area contributed by atoms with Crippen molar-refractivity contribution in [3.05, 3.63) is 57.6 Å². The van der Waals surface area contributed by atoms with Crippen LogP contribution in [0.3, 0.4) is 0 Å². The van der Waals surface area contributed by atoms with Crippen molar-refractivity contribution in [2.24, 2.45) is 0 Å². The molecule has 0 aromatic heterocycles. The second-order valence-electron chi connectivity index (χ2n) is 5.05. The Morgan fingerprint density at radius 2 is 1.65 bits per heavy atom. The number of halogens is 1. The molecule has 2 rings (SSSR count). The lowest BCUT2D eigenvalue weighted by molar-refractivity contribution is 0.0963. The first-order valence-electron chi connectivity index (χ1n) is 6.54. The van der Waals surface area contributed by atoms with Crippen LogP contribution in [0.1, 0.15) is 27.0 Å². The first-order chi connectivity index (χ1) is 9.43. The molecule has 0 saturated heterocycles. The van der Waals surface area contributed by atoms with Gasteiger partial charge in [0.2, 0.25) is 0 Å². The molecule has 2 aromatic rings. The highest BCUT2D eigenvalue weighted by atomic mass is 35.5. The van der Waals surface area contributed by atoms with E-state index in [1.165, 1.54) is 16.7 Å². The van der Waals surface area contributed by atoms with Gasteiger partial charge in [-0.25, -0.2) is 0 Å². The summed E-state index contributed by atoms with van der Waals surface area (Å²) in [4.78, 5) is 11.8. The second-order valence-corrected chi connectivity index (χ2v) is 5.45. The summed E-state index contributed by atoms with van der Waals surface area (Å²) in [6, 6.07) is 9.89. The van der Waals surface area contributed by atoms with Crippen molar-refractivity contribution in [3.63, 3.8) is 0 Å². The molecule has 0 aliphatic carbocycles. The molecule has 3 heteroatoms. The van der Waals surface area contributed by atoms with Crippen molar-refractivity contribution in [2.75, 3.05) is 7.05 Å². The Labute approximate surface area is 124 Å². The predicted molar refractivity (Wildman–Crippen MR) is 84.5 cm³/mol. The fourth-order valence-electron chi connectivity index (χ4n) is 2.62. The van der Waals surface area contributed by atoms with Crippen LogP contribution in [0, 0.1) is 20.8 Å². The molecule has 2 aromatic carbocycles. The van der Waals surface area contributed by atoms with Gasteiger partial charge in [-0.05, 0) is 55.2 Å². The normalized spacial score (nSPS) is 10.4. The maximum absolute atomic E-state index is 11.8. The highest BCUT2D eigenvalue weighted by Crippen LogP contribution is 2.31. The number of carbonyl (C=O) groups is 1. The summed E-state index contributed by atoms with van der Waals surface area (Å²) in [5, 5.41) is 3.08. The number of carbonyl (C=O) groups excluding carboxylic acids is 1. The van der Waals surface area contributed by atoms with E-state index in [0.29, 0.717) is 10.6 Å². The molecule has 0 bridgehead atoms. The van der Waals surface area contributed by atoms with E-state index in [-0.39, 0.29) is 5.91 Å². The van der Waals surface area contributed by atoms with Gasteiger partial charge >= 0.3 is 0 Å². The van der Waals surface area contributed by atoms with Gasteiger partial charge in [0.15, 0.2) is 0 Å². The highest BCUT2D eigenvalue weighted by molar-refractivity contribution is 6.34. The Bertz CT molecular complexity index is 654. The standard InChI is InChI=1S/C17H18ClNO/c1-10-7-11(2)16(12(3)8-10)13-5-6-15(18)14(9-13)17(20)19-4/h5-9H,1-4H3,(H,19,20). The lowest BCUT2D eigenvalue weighted by Gasteiger charge is -2.13. The van der Waals surface area contributed by atoms with Crippen LogP contribution in [-0.4, -0.2) is 13.0 Å². The van der Waals surface area contributed by atoms with Crippen LogP contribution in [0.5, 0.6) is 0 Å². The Hall–Kier alpha value is -1.80. The summed E-state index contributed by atoms with van der Waals surface area (Å²) in [7, 11) is 1.60. The summed E-state index contributed by atoms with van der Waals surface area (Å²) in [5.74, 6) is -0.167. The lowest BCUT2D eigenvalue weighted by Crippen LogP contribution is -2.18. The lowest BCUT2D eigenvalue weighted by atomic mass is 9.93. The van der Waals surface area contributed by atoms with Gasteiger partial charge in [-0.15, -0.1) is 0 Å². The van der Waals surface area contributed by atoms with Crippen molar-refractivity contribution < 1.29 is 4.79 Å². The van der Waals surface area contributed by atoms with E-state index < -0.39 is 0 Å². The average Bonchev–Trinajstić information content (AvgIpc) is 2.38. The van der Waals surface area contributed by atoms with E-state index in [0.717, 1.165) is 11.1 Å². The van der Waals surface area contributed by atoms with E-state index >= 15 is 0 Å². The van der Waals surface area contributed by atoms with Gasteiger partial charge in [0.25, 0.3) is 5.91 Å². The molecule has 0 spiro atoms. The van der Waals surface area contributed by atoms with Crippen LogP contribution in [0.4, 0.5) is 0 Å². The summed E-state index contributed by atoms with van der Waals surface area (Å²) >= 11 is 6.10. The van der Waals surface area contributed by atoms with Crippen LogP contribution in [0.25, 0.3) is 11.1 Å². The summed E-state index contributed by atoms with van der Waals surface area (Å²) in [6.45, 7) is 6.26. The van der Waals surface area contributed by atoms with Crippen LogP contribution >= 0.6 is 11.6 Å². The van der Waals surface area contributed by atoms with Crippen LogP contribution in [0.2, 0.25) is 5.02 Å². The van der Waals surface area contributed by atoms with E-state index in [9.17, 15) is 4.79 Å². The van der Waals surface area contributed by atoms with Gasteiger partial charge in [0.1, 0.15) is 0 Å². The SMILES string of the molecule is CNC(=O)c1cc(-c2c(C)cc(C)cc2C)ccc1Cl. The maximum atomic E-state index is 11.8. The van der Waals surface area contributed by atoms with Crippen LogP contribution in [-0.2, 0) is 0 Å². The van der Waals surface area contributed by atoms with Gasteiger partial charge in [-0.1, -0.05) is 35.4 Å².